The Kier molecular flexibility index (Phi) is 5.41. The number of primary amides is 1. The van der Waals surface area contributed by atoms with Crippen LogP contribution in [0.25, 0.3) is 0 Å². The highest BCUT2D eigenvalue weighted by Crippen LogP contribution is 2.25. The van der Waals surface area contributed by atoms with Crippen LogP contribution in [-0.4, -0.2) is 31.5 Å². The van der Waals surface area contributed by atoms with Gasteiger partial charge in [0.15, 0.2) is 0 Å². The maximum Gasteiger partial charge on any atom is 0.249 e. The van der Waals surface area contributed by atoms with E-state index >= 15 is 0 Å². The molecule has 0 saturated heterocycles. The second kappa shape index (κ2) is 5.63. The van der Waals surface area contributed by atoms with Gasteiger partial charge in [-0.15, -0.1) is 0 Å². The molecule has 0 bridgehead atoms. The molecule has 2 N–H and O–H groups in total. The molecule has 90 valence electrons. The van der Waals surface area contributed by atoms with Crippen LogP contribution in [0, 0.1) is 0 Å². The first-order chi connectivity index (χ1) is 6.84. The van der Waals surface area contributed by atoms with Gasteiger partial charge in [0.05, 0.1) is 21.1 Å². The van der Waals surface area contributed by atoms with Crippen molar-refractivity contribution in [2.75, 3.05) is 21.1 Å². The molecule has 0 radical (unpaired) electrons. The maximum atomic E-state index is 11.3. The second-order valence-electron chi connectivity index (χ2n) is 4.74. The molecular formula is C12H19IN2O. The van der Waals surface area contributed by atoms with Crippen molar-refractivity contribution in [2.24, 2.45) is 5.73 Å². The van der Waals surface area contributed by atoms with Crippen LogP contribution in [0.15, 0.2) is 24.3 Å². The average Bonchev–Trinajstić information content (AvgIpc) is 2.15. The molecule has 1 atom stereocenters. The number of benzene rings is 1. The fourth-order valence-electron chi connectivity index (χ4n) is 1.50. The van der Waals surface area contributed by atoms with E-state index < -0.39 is 0 Å². The lowest BCUT2D eigenvalue weighted by Gasteiger charge is -2.32. The third-order valence-electron chi connectivity index (χ3n) is 2.84. The molecular weight excluding hydrogens is 315 g/mol. The number of rotatable bonds is 3. The summed E-state index contributed by atoms with van der Waals surface area (Å²) in [6.07, 6.45) is 0. The van der Waals surface area contributed by atoms with Crippen LogP contribution in [0.1, 0.15) is 28.9 Å². The Hall–Kier alpha value is -0.620. The molecule has 0 saturated carbocycles. The summed E-state index contributed by atoms with van der Waals surface area (Å²) >= 11 is 0. The molecule has 0 aromatic heterocycles. The standard InChI is InChI=1S/C12H18N2O.HI/c1-9(14(2,3)4)10-7-5-6-8-11(10)12(13)15;/h5-9H,1-4H3,(H-,13,15);1H. The van der Waals surface area contributed by atoms with Crippen LogP contribution in [0.5, 0.6) is 0 Å². The Morgan fingerprint density at radius 3 is 2.19 bits per heavy atom. The third kappa shape index (κ3) is 3.45. The van der Waals surface area contributed by atoms with Gasteiger partial charge in [-0.2, -0.15) is 0 Å². The van der Waals surface area contributed by atoms with Gasteiger partial charge in [-0.3, -0.25) is 4.79 Å². The Morgan fingerprint density at radius 1 is 1.25 bits per heavy atom. The van der Waals surface area contributed by atoms with Crippen molar-refractivity contribution in [1.82, 2.24) is 0 Å². The fourth-order valence-corrected chi connectivity index (χ4v) is 1.50. The molecule has 1 aromatic rings. The third-order valence-corrected chi connectivity index (χ3v) is 2.84. The van der Waals surface area contributed by atoms with Crippen molar-refractivity contribution in [3.05, 3.63) is 35.4 Å². The predicted octanol–water partition coefficient (Wildman–Crippen LogP) is -1.44. The smallest absolute Gasteiger partial charge is 0.249 e. The summed E-state index contributed by atoms with van der Waals surface area (Å²) < 4.78 is 0.768. The second-order valence-corrected chi connectivity index (χ2v) is 4.74. The minimum Gasteiger partial charge on any atom is -1.00 e. The average molecular weight is 334 g/mol. The molecule has 1 aromatic carbocycles. The normalized spacial score (nSPS) is 12.8. The van der Waals surface area contributed by atoms with E-state index in [1.165, 1.54) is 0 Å². The van der Waals surface area contributed by atoms with E-state index in [0.29, 0.717) is 5.56 Å². The summed E-state index contributed by atoms with van der Waals surface area (Å²) in [5.41, 5.74) is 6.98. The van der Waals surface area contributed by atoms with Gasteiger partial charge in [-0.25, -0.2) is 0 Å². The summed E-state index contributed by atoms with van der Waals surface area (Å²) in [5.74, 6) is -0.356. The van der Waals surface area contributed by atoms with Crippen molar-refractivity contribution in [3.63, 3.8) is 0 Å². The summed E-state index contributed by atoms with van der Waals surface area (Å²) in [4.78, 5) is 11.3. The SMILES string of the molecule is CC(c1ccccc1C(N)=O)[N+](C)(C)C.[I-]. The Labute approximate surface area is 114 Å². The zero-order chi connectivity index (χ0) is 11.6. The van der Waals surface area contributed by atoms with Gasteiger partial charge in [0.25, 0.3) is 0 Å². The molecule has 0 aliphatic rings. The Morgan fingerprint density at radius 2 is 1.75 bits per heavy atom. The van der Waals surface area contributed by atoms with E-state index in [1.807, 2.05) is 18.2 Å². The number of halogens is 1. The van der Waals surface area contributed by atoms with E-state index in [9.17, 15) is 4.79 Å². The largest absolute Gasteiger partial charge is 1.00 e. The molecule has 4 heteroatoms. The minimum atomic E-state index is -0.356. The highest BCUT2D eigenvalue weighted by atomic mass is 127. The first-order valence-corrected chi connectivity index (χ1v) is 5.04. The van der Waals surface area contributed by atoms with Crippen LogP contribution >= 0.6 is 0 Å². The zero-order valence-corrected chi connectivity index (χ0v) is 12.4. The number of hydrogen-bond acceptors (Lipinski definition) is 1. The van der Waals surface area contributed by atoms with Crippen LogP contribution < -0.4 is 29.7 Å². The maximum absolute atomic E-state index is 11.3. The lowest BCUT2D eigenvalue weighted by Crippen LogP contribution is -3.00. The van der Waals surface area contributed by atoms with Crippen LogP contribution in [-0.2, 0) is 0 Å². The molecule has 0 aliphatic carbocycles. The fraction of sp³-hybridized carbons (Fsp3) is 0.417. The molecule has 16 heavy (non-hydrogen) atoms. The van der Waals surface area contributed by atoms with Gasteiger partial charge in [-0.05, 0) is 13.0 Å². The molecule has 1 rings (SSSR count). The summed E-state index contributed by atoms with van der Waals surface area (Å²) in [5, 5.41) is 0. The highest BCUT2D eigenvalue weighted by Gasteiger charge is 2.24. The van der Waals surface area contributed by atoms with Gasteiger partial charge < -0.3 is 34.2 Å². The molecule has 0 fully saturated rings. The Balaban J connectivity index is 0.00000225. The number of carbonyl (C=O) groups excluding carboxylic acids is 1. The number of nitrogens with zero attached hydrogens (tertiary/aromatic N) is 1. The van der Waals surface area contributed by atoms with Crippen LogP contribution in [0.2, 0.25) is 0 Å². The highest BCUT2D eigenvalue weighted by molar-refractivity contribution is 5.94. The molecule has 1 unspecified atom stereocenters. The lowest BCUT2D eigenvalue weighted by molar-refractivity contribution is -0.900. The quantitative estimate of drug-likeness (QED) is 0.534. The van der Waals surface area contributed by atoms with Crippen molar-refractivity contribution >= 4 is 5.91 Å². The molecule has 0 heterocycles. The zero-order valence-electron chi connectivity index (χ0n) is 10.2. The Bertz CT molecular complexity index is 372. The number of quaternary nitrogens is 1. The number of carbonyl (C=O) groups is 1. The van der Waals surface area contributed by atoms with E-state index in [-0.39, 0.29) is 35.9 Å². The number of hydrogen-bond donors (Lipinski definition) is 1. The van der Waals surface area contributed by atoms with Crippen molar-refractivity contribution in [3.8, 4) is 0 Å². The number of amides is 1. The topological polar surface area (TPSA) is 43.1 Å². The monoisotopic (exact) mass is 334 g/mol. The van der Waals surface area contributed by atoms with Gasteiger partial charge >= 0.3 is 0 Å². The summed E-state index contributed by atoms with van der Waals surface area (Å²) in [6, 6.07) is 7.77. The molecule has 3 nitrogen and oxygen atoms in total. The molecule has 0 spiro atoms. The minimum absolute atomic E-state index is 0. The van der Waals surface area contributed by atoms with E-state index in [0.717, 1.165) is 10.0 Å². The lowest BCUT2D eigenvalue weighted by atomic mass is 9.99. The van der Waals surface area contributed by atoms with Crippen LogP contribution in [0.3, 0.4) is 0 Å². The summed E-state index contributed by atoms with van der Waals surface area (Å²) in [7, 11) is 6.30. The first-order valence-electron chi connectivity index (χ1n) is 5.04. The van der Waals surface area contributed by atoms with Gasteiger partial charge in [0.1, 0.15) is 6.04 Å². The van der Waals surface area contributed by atoms with E-state index in [2.05, 4.69) is 28.1 Å². The van der Waals surface area contributed by atoms with E-state index in [4.69, 9.17) is 5.73 Å². The van der Waals surface area contributed by atoms with Crippen molar-refractivity contribution in [2.45, 2.75) is 13.0 Å². The predicted molar refractivity (Wildman–Crippen MR) is 61.4 cm³/mol. The number of nitrogens with two attached hydrogens (primary N) is 1. The molecule has 0 aliphatic heterocycles. The van der Waals surface area contributed by atoms with Gasteiger partial charge in [0, 0.05) is 11.1 Å². The van der Waals surface area contributed by atoms with E-state index in [1.54, 1.807) is 6.07 Å². The molecule has 1 amide bonds. The van der Waals surface area contributed by atoms with Gasteiger partial charge in [-0.1, -0.05) is 18.2 Å². The van der Waals surface area contributed by atoms with Crippen molar-refractivity contribution < 1.29 is 33.3 Å². The first kappa shape index (κ1) is 15.4. The summed E-state index contributed by atoms with van der Waals surface area (Å²) in [6.45, 7) is 2.10. The van der Waals surface area contributed by atoms with Crippen LogP contribution in [0.4, 0.5) is 0 Å². The van der Waals surface area contributed by atoms with Crippen molar-refractivity contribution in [1.29, 1.82) is 0 Å². The van der Waals surface area contributed by atoms with Gasteiger partial charge in [0.2, 0.25) is 5.91 Å².